The fourth-order valence-corrected chi connectivity index (χ4v) is 0.227. The molecular weight excluding hydrogens is 116 g/mol. The molecule has 0 unspecified atom stereocenters. The Kier molecular flexibility index (Phi) is 3.13. The smallest absolute Gasteiger partial charge is 0.282 e. The number of nitrogens with two attached hydrogens (primary N) is 1. The van der Waals surface area contributed by atoms with E-state index in [2.05, 4.69) is 10.9 Å². The number of primary amides is 1. The Morgan fingerprint density at radius 2 is 2.57 bits per heavy atom. The van der Waals surface area contributed by atoms with Crippen molar-refractivity contribution >= 4 is 22.5 Å². The molecular formula is C2H4N2O2S. The van der Waals surface area contributed by atoms with Gasteiger partial charge in [-0.05, 0) is 11.8 Å². The molecule has 0 aliphatic carbocycles. The van der Waals surface area contributed by atoms with Crippen LogP contribution in [0.15, 0.2) is 5.16 Å². The largest absolute Gasteiger partial charge is 0.410 e. The Morgan fingerprint density at radius 3 is 2.71 bits per heavy atom. The number of hydrogen-bond acceptors (Lipinski definition) is 4. The Balaban J connectivity index is 3.14. The van der Waals surface area contributed by atoms with Crippen molar-refractivity contribution in [2.75, 3.05) is 0 Å². The summed E-state index contributed by atoms with van der Waals surface area (Å²) in [4.78, 5) is 9.74. The van der Waals surface area contributed by atoms with E-state index >= 15 is 0 Å². The number of hydrogen-bond donors (Lipinski definition) is 2. The van der Waals surface area contributed by atoms with Gasteiger partial charge in [0, 0.05) is 0 Å². The van der Waals surface area contributed by atoms with Crippen LogP contribution < -0.4 is 5.73 Å². The van der Waals surface area contributed by atoms with E-state index in [1.54, 1.807) is 0 Å². The van der Waals surface area contributed by atoms with Gasteiger partial charge in [0.1, 0.15) is 5.55 Å². The van der Waals surface area contributed by atoms with Gasteiger partial charge in [0.25, 0.3) is 5.24 Å². The summed E-state index contributed by atoms with van der Waals surface area (Å²) >= 11 is 0.628. The minimum absolute atomic E-state index is 0.585. The molecule has 0 spiro atoms. The second-order valence-corrected chi connectivity index (χ2v) is 1.51. The van der Waals surface area contributed by atoms with Crippen LogP contribution >= 0.6 is 11.8 Å². The molecule has 0 aromatic rings. The van der Waals surface area contributed by atoms with Crippen LogP contribution in [0.5, 0.6) is 0 Å². The first-order valence-corrected chi connectivity index (χ1v) is 2.27. The predicted octanol–water partition coefficient (Wildman–Crippen LogP) is 0.216. The van der Waals surface area contributed by atoms with E-state index in [4.69, 9.17) is 5.21 Å². The summed E-state index contributed by atoms with van der Waals surface area (Å²) < 4.78 is 0. The highest BCUT2D eigenvalue weighted by Crippen LogP contribution is 1.89. The molecule has 0 aromatic heterocycles. The Morgan fingerprint density at radius 1 is 2.00 bits per heavy atom. The van der Waals surface area contributed by atoms with Crippen LogP contribution in [0.4, 0.5) is 4.79 Å². The van der Waals surface area contributed by atoms with Crippen LogP contribution in [0.1, 0.15) is 0 Å². The summed E-state index contributed by atoms with van der Waals surface area (Å²) in [6.07, 6.45) is 0. The first-order chi connectivity index (χ1) is 3.27. The molecule has 1 amide bonds. The number of amides is 1. The van der Waals surface area contributed by atoms with Gasteiger partial charge < -0.3 is 10.9 Å². The van der Waals surface area contributed by atoms with Crippen LogP contribution in [0.3, 0.4) is 0 Å². The lowest BCUT2D eigenvalue weighted by atomic mass is 11.5. The van der Waals surface area contributed by atoms with Gasteiger partial charge in [0.15, 0.2) is 0 Å². The van der Waals surface area contributed by atoms with Gasteiger partial charge in [0.2, 0.25) is 0 Å². The Labute approximate surface area is 44.4 Å². The second-order valence-electron chi connectivity index (χ2n) is 0.658. The quantitative estimate of drug-likeness (QED) is 0.225. The molecule has 0 bridgehead atoms. The highest BCUT2D eigenvalue weighted by Gasteiger charge is 1.85. The molecule has 0 atom stereocenters. The van der Waals surface area contributed by atoms with Crippen LogP contribution in [0, 0.1) is 0 Å². The van der Waals surface area contributed by atoms with E-state index in [9.17, 15) is 4.79 Å². The molecule has 0 aromatic carbocycles. The zero-order valence-electron chi connectivity index (χ0n) is 3.37. The van der Waals surface area contributed by atoms with Crippen molar-refractivity contribution in [1.29, 1.82) is 0 Å². The van der Waals surface area contributed by atoms with E-state index in [-0.39, 0.29) is 0 Å². The van der Waals surface area contributed by atoms with E-state index in [0.717, 1.165) is 5.55 Å². The monoisotopic (exact) mass is 120 g/mol. The van der Waals surface area contributed by atoms with E-state index in [0.29, 0.717) is 11.8 Å². The molecule has 0 saturated heterocycles. The van der Waals surface area contributed by atoms with E-state index in [1.165, 1.54) is 0 Å². The third kappa shape index (κ3) is 5.29. The molecule has 3 N–H and O–H groups in total. The first-order valence-electron chi connectivity index (χ1n) is 1.39. The molecule has 0 fully saturated rings. The molecule has 0 heterocycles. The molecule has 5 heteroatoms. The number of thioether (sulfide) groups is 1. The van der Waals surface area contributed by atoms with Gasteiger partial charge in [0.05, 0.1) is 0 Å². The molecule has 40 valence electrons. The third-order valence-electron chi connectivity index (χ3n) is 0.216. The van der Waals surface area contributed by atoms with Crippen molar-refractivity contribution < 1.29 is 10.0 Å². The molecule has 0 rings (SSSR count). The van der Waals surface area contributed by atoms with Gasteiger partial charge in [-0.1, -0.05) is 5.16 Å². The van der Waals surface area contributed by atoms with Gasteiger partial charge in [-0.3, -0.25) is 4.79 Å². The molecule has 0 radical (unpaired) electrons. The third-order valence-corrected chi connectivity index (χ3v) is 0.648. The molecule has 4 nitrogen and oxygen atoms in total. The van der Waals surface area contributed by atoms with Crippen LogP contribution in [-0.2, 0) is 0 Å². The van der Waals surface area contributed by atoms with Crippen molar-refractivity contribution in [2.24, 2.45) is 10.9 Å². The molecule has 7 heavy (non-hydrogen) atoms. The minimum atomic E-state index is -0.585. The average molecular weight is 120 g/mol. The van der Waals surface area contributed by atoms with Gasteiger partial charge >= 0.3 is 0 Å². The first kappa shape index (κ1) is 6.29. The lowest BCUT2D eigenvalue weighted by Gasteiger charge is -1.76. The number of carbonyl (C=O) groups excluding carboxylic acids is 1. The SMILES string of the molecule is NC(=O)SC=NO. The fraction of sp³-hybridized carbons (Fsp3) is 0. The zero-order valence-corrected chi connectivity index (χ0v) is 4.18. The maximum absolute atomic E-state index is 9.74. The summed E-state index contributed by atoms with van der Waals surface area (Å²) in [5.74, 6) is 0. The number of oxime groups is 1. The maximum Gasteiger partial charge on any atom is 0.282 e. The Hall–Kier alpha value is -0.710. The van der Waals surface area contributed by atoms with Crippen molar-refractivity contribution in [1.82, 2.24) is 0 Å². The zero-order chi connectivity index (χ0) is 5.70. The summed E-state index contributed by atoms with van der Waals surface area (Å²) in [6.45, 7) is 0. The average Bonchev–Trinajstić information content (AvgIpc) is 1.61. The molecule has 0 aliphatic rings. The number of rotatable bonds is 1. The second kappa shape index (κ2) is 3.48. The summed E-state index contributed by atoms with van der Waals surface area (Å²) in [5, 5.41) is 9.58. The van der Waals surface area contributed by atoms with Crippen molar-refractivity contribution in [3.8, 4) is 0 Å². The van der Waals surface area contributed by atoms with Crippen LogP contribution in [0.2, 0.25) is 0 Å². The van der Waals surface area contributed by atoms with Crippen molar-refractivity contribution in [3.05, 3.63) is 0 Å². The minimum Gasteiger partial charge on any atom is -0.410 e. The summed E-state index contributed by atoms with van der Waals surface area (Å²) in [7, 11) is 0. The lowest BCUT2D eigenvalue weighted by Crippen LogP contribution is -2.01. The number of nitrogens with zero attached hydrogens (tertiary/aromatic N) is 1. The van der Waals surface area contributed by atoms with E-state index < -0.39 is 5.24 Å². The van der Waals surface area contributed by atoms with Crippen molar-refractivity contribution in [2.45, 2.75) is 0 Å². The summed E-state index contributed by atoms with van der Waals surface area (Å²) in [5.41, 5.74) is 5.55. The fourth-order valence-electron chi connectivity index (χ4n) is 0.0755. The van der Waals surface area contributed by atoms with Crippen LogP contribution in [-0.4, -0.2) is 16.0 Å². The lowest BCUT2D eigenvalue weighted by molar-refractivity contribution is 0.267. The number of carbonyl (C=O) groups is 1. The predicted molar refractivity (Wildman–Crippen MR) is 27.5 cm³/mol. The van der Waals surface area contributed by atoms with Gasteiger partial charge in [-0.2, -0.15) is 0 Å². The highest BCUT2D eigenvalue weighted by molar-refractivity contribution is 8.24. The molecule has 0 aliphatic heterocycles. The Bertz CT molecular complexity index is 91.7. The standard InChI is InChI=1S/C2H4N2O2S/c3-2(5)7-1-4-6/h1,6H,(H2,3,5). The van der Waals surface area contributed by atoms with E-state index in [1.807, 2.05) is 0 Å². The van der Waals surface area contributed by atoms with Gasteiger partial charge in [-0.25, -0.2) is 0 Å². The maximum atomic E-state index is 9.74. The van der Waals surface area contributed by atoms with Gasteiger partial charge in [-0.15, -0.1) is 0 Å². The highest BCUT2D eigenvalue weighted by atomic mass is 32.2. The summed E-state index contributed by atoms with van der Waals surface area (Å²) in [6, 6.07) is 0. The molecule has 0 saturated carbocycles. The topological polar surface area (TPSA) is 75.7 Å². The van der Waals surface area contributed by atoms with Crippen LogP contribution in [0.25, 0.3) is 0 Å². The van der Waals surface area contributed by atoms with Crippen molar-refractivity contribution in [3.63, 3.8) is 0 Å². The normalized spacial score (nSPS) is 9.71.